The zero-order chi connectivity index (χ0) is 15.3. The van der Waals surface area contributed by atoms with Gasteiger partial charge in [-0.15, -0.1) is 0 Å². The number of ether oxygens (including phenoxy) is 2. The molecule has 0 bridgehead atoms. The first kappa shape index (κ1) is 15.9. The van der Waals surface area contributed by atoms with Crippen molar-refractivity contribution in [1.29, 1.82) is 0 Å². The van der Waals surface area contributed by atoms with E-state index in [-0.39, 0.29) is 13.0 Å². The van der Waals surface area contributed by atoms with Crippen molar-refractivity contribution < 1.29 is 33.5 Å². The highest BCUT2D eigenvalue weighted by Gasteiger charge is 2.45. The maximum atomic E-state index is 11.9. The molecule has 112 valence electrons. The summed E-state index contributed by atoms with van der Waals surface area (Å²) < 4.78 is 9.05. The predicted molar refractivity (Wildman–Crippen MR) is 62.8 cm³/mol. The highest BCUT2D eigenvalue weighted by molar-refractivity contribution is 5.88. The molecular formula is C11H16N2O7. The third-order valence-corrected chi connectivity index (χ3v) is 2.63. The maximum absolute atomic E-state index is 11.9. The first-order valence-electron chi connectivity index (χ1n) is 5.79. The minimum Gasteiger partial charge on any atom is -0.467 e. The van der Waals surface area contributed by atoms with Crippen LogP contribution < -0.4 is 5.32 Å². The van der Waals surface area contributed by atoms with Crippen LogP contribution in [0.1, 0.15) is 13.3 Å². The van der Waals surface area contributed by atoms with Crippen LogP contribution in [0.5, 0.6) is 0 Å². The molecule has 0 aliphatic carbocycles. The summed E-state index contributed by atoms with van der Waals surface area (Å²) in [6.45, 7) is 0.893. The van der Waals surface area contributed by atoms with Crippen molar-refractivity contribution in [2.24, 2.45) is 0 Å². The molecule has 2 atom stereocenters. The average Bonchev–Trinajstić information content (AvgIpc) is 2.88. The molecule has 1 fully saturated rings. The normalized spacial score (nSPS) is 21.2. The molecule has 0 spiro atoms. The lowest BCUT2D eigenvalue weighted by molar-refractivity contribution is -0.200. The van der Waals surface area contributed by atoms with Gasteiger partial charge in [0.05, 0.1) is 20.8 Å². The van der Waals surface area contributed by atoms with E-state index in [0.29, 0.717) is 0 Å². The van der Waals surface area contributed by atoms with E-state index in [1.165, 1.54) is 14.0 Å². The van der Waals surface area contributed by atoms with Crippen LogP contribution in [0.2, 0.25) is 0 Å². The Morgan fingerprint density at radius 2 is 1.80 bits per heavy atom. The Hall–Kier alpha value is -2.16. The van der Waals surface area contributed by atoms with Crippen molar-refractivity contribution in [3.05, 3.63) is 0 Å². The van der Waals surface area contributed by atoms with E-state index in [2.05, 4.69) is 14.8 Å². The Morgan fingerprint density at radius 1 is 1.20 bits per heavy atom. The van der Waals surface area contributed by atoms with E-state index in [0.717, 1.165) is 12.2 Å². The van der Waals surface area contributed by atoms with E-state index in [9.17, 15) is 19.2 Å². The van der Waals surface area contributed by atoms with Crippen molar-refractivity contribution in [2.75, 3.05) is 20.8 Å². The highest BCUT2D eigenvalue weighted by atomic mass is 16.7. The minimum atomic E-state index is -1.06. The molecule has 1 N–H and O–H groups in total. The van der Waals surface area contributed by atoms with Crippen molar-refractivity contribution >= 4 is 23.8 Å². The second-order valence-electron chi connectivity index (χ2n) is 4.02. The van der Waals surface area contributed by atoms with Crippen LogP contribution in [0.3, 0.4) is 0 Å². The molecular weight excluding hydrogens is 272 g/mol. The molecule has 0 aromatic carbocycles. The van der Waals surface area contributed by atoms with Crippen LogP contribution in [-0.4, -0.2) is 61.7 Å². The van der Waals surface area contributed by atoms with E-state index < -0.39 is 35.9 Å². The molecule has 1 aliphatic rings. The SMILES string of the molecule is COC(=O)[C@@H]1C[C@H](C(=O)OC)N(C(=O)CNC(C)=O)O1. The quantitative estimate of drug-likeness (QED) is 0.618. The van der Waals surface area contributed by atoms with E-state index >= 15 is 0 Å². The van der Waals surface area contributed by atoms with Crippen molar-refractivity contribution in [1.82, 2.24) is 10.4 Å². The summed E-state index contributed by atoms with van der Waals surface area (Å²) in [6.07, 6.45) is -1.13. The number of nitrogens with one attached hydrogen (secondary N) is 1. The Kier molecular flexibility index (Phi) is 5.44. The third-order valence-electron chi connectivity index (χ3n) is 2.63. The van der Waals surface area contributed by atoms with Gasteiger partial charge in [0, 0.05) is 13.3 Å². The van der Waals surface area contributed by atoms with Gasteiger partial charge in [-0.1, -0.05) is 0 Å². The first-order chi connectivity index (χ1) is 9.40. The molecule has 0 radical (unpaired) electrons. The van der Waals surface area contributed by atoms with Crippen LogP contribution in [0.25, 0.3) is 0 Å². The van der Waals surface area contributed by atoms with Gasteiger partial charge in [0.15, 0.2) is 12.1 Å². The molecule has 1 rings (SSSR count). The van der Waals surface area contributed by atoms with Gasteiger partial charge in [0.2, 0.25) is 5.91 Å². The van der Waals surface area contributed by atoms with E-state index in [4.69, 9.17) is 4.84 Å². The van der Waals surface area contributed by atoms with Crippen LogP contribution >= 0.6 is 0 Å². The number of rotatable bonds is 4. The van der Waals surface area contributed by atoms with E-state index in [1.807, 2.05) is 0 Å². The fraction of sp³-hybridized carbons (Fsp3) is 0.636. The standard InChI is InChI=1S/C11H16N2O7/c1-6(14)12-5-9(15)13-7(10(16)18-2)4-8(20-13)11(17)19-3/h7-8H,4-5H2,1-3H3,(H,12,14)/t7-,8+/m1/s1. The Balaban J connectivity index is 2.78. The summed E-state index contributed by atoms with van der Waals surface area (Å²) in [5.74, 6) is -2.49. The number of hydrogen-bond donors (Lipinski definition) is 1. The summed E-state index contributed by atoms with van der Waals surface area (Å²) in [5.41, 5.74) is 0. The van der Waals surface area contributed by atoms with Crippen LogP contribution in [-0.2, 0) is 33.5 Å². The second kappa shape index (κ2) is 6.85. The summed E-state index contributed by atoms with van der Waals surface area (Å²) in [7, 11) is 2.32. The zero-order valence-corrected chi connectivity index (χ0v) is 11.4. The van der Waals surface area contributed by atoms with Gasteiger partial charge in [-0.3, -0.25) is 14.4 Å². The number of amides is 2. The lowest BCUT2D eigenvalue weighted by Gasteiger charge is -2.20. The van der Waals surface area contributed by atoms with Gasteiger partial charge in [-0.25, -0.2) is 14.7 Å². The Bertz CT molecular complexity index is 423. The van der Waals surface area contributed by atoms with Crippen LogP contribution in [0.4, 0.5) is 0 Å². The van der Waals surface area contributed by atoms with Crippen molar-refractivity contribution in [3.63, 3.8) is 0 Å². The predicted octanol–water partition coefficient (Wildman–Crippen LogP) is -1.63. The summed E-state index contributed by atoms with van der Waals surface area (Å²) in [6, 6.07) is -1.05. The average molecular weight is 288 g/mol. The molecule has 1 heterocycles. The fourth-order valence-electron chi connectivity index (χ4n) is 1.66. The number of carbonyl (C=O) groups is 4. The Labute approximate surface area is 115 Å². The van der Waals surface area contributed by atoms with Gasteiger partial charge in [0.1, 0.15) is 0 Å². The van der Waals surface area contributed by atoms with Gasteiger partial charge in [-0.05, 0) is 0 Å². The van der Waals surface area contributed by atoms with Gasteiger partial charge in [0.25, 0.3) is 5.91 Å². The lowest BCUT2D eigenvalue weighted by Crippen LogP contribution is -2.45. The molecule has 2 amide bonds. The minimum absolute atomic E-state index is 0.0643. The molecule has 0 saturated carbocycles. The number of nitrogens with zero attached hydrogens (tertiary/aromatic N) is 1. The number of hydroxylamine groups is 2. The lowest BCUT2D eigenvalue weighted by atomic mass is 10.1. The monoisotopic (exact) mass is 288 g/mol. The van der Waals surface area contributed by atoms with Crippen molar-refractivity contribution in [3.8, 4) is 0 Å². The number of methoxy groups -OCH3 is 2. The second-order valence-corrected chi connectivity index (χ2v) is 4.02. The van der Waals surface area contributed by atoms with Gasteiger partial charge < -0.3 is 14.8 Å². The zero-order valence-electron chi connectivity index (χ0n) is 11.4. The molecule has 1 aliphatic heterocycles. The topological polar surface area (TPSA) is 111 Å². The summed E-state index contributed by atoms with van der Waals surface area (Å²) >= 11 is 0. The maximum Gasteiger partial charge on any atom is 0.337 e. The van der Waals surface area contributed by atoms with Gasteiger partial charge >= 0.3 is 11.9 Å². The smallest absolute Gasteiger partial charge is 0.337 e. The van der Waals surface area contributed by atoms with Crippen LogP contribution in [0.15, 0.2) is 0 Å². The molecule has 20 heavy (non-hydrogen) atoms. The molecule has 0 unspecified atom stereocenters. The Morgan fingerprint density at radius 3 is 2.30 bits per heavy atom. The summed E-state index contributed by atoms with van der Waals surface area (Å²) in [5, 5.41) is 3.02. The molecule has 0 aromatic rings. The van der Waals surface area contributed by atoms with E-state index in [1.54, 1.807) is 0 Å². The largest absolute Gasteiger partial charge is 0.467 e. The fourth-order valence-corrected chi connectivity index (χ4v) is 1.66. The number of carbonyl (C=O) groups excluding carboxylic acids is 4. The van der Waals surface area contributed by atoms with Gasteiger partial charge in [-0.2, -0.15) is 0 Å². The molecule has 9 heteroatoms. The molecule has 1 saturated heterocycles. The third kappa shape index (κ3) is 3.67. The summed E-state index contributed by atoms with van der Waals surface area (Å²) in [4.78, 5) is 50.7. The molecule has 0 aromatic heterocycles. The first-order valence-corrected chi connectivity index (χ1v) is 5.79. The highest BCUT2D eigenvalue weighted by Crippen LogP contribution is 2.23. The number of esters is 2. The number of hydrogen-bond acceptors (Lipinski definition) is 7. The van der Waals surface area contributed by atoms with Crippen LogP contribution in [0, 0.1) is 0 Å². The molecule has 9 nitrogen and oxygen atoms in total. The van der Waals surface area contributed by atoms with Crippen molar-refractivity contribution in [2.45, 2.75) is 25.5 Å².